The van der Waals surface area contributed by atoms with Crippen molar-refractivity contribution in [2.75, 3.05) is 46.4 Å². The molecule has 1 unspecified atom stereocenters. The molecule has 59 heavy (non-hydrogen) atoms. The fourth-order valence-electron chi connectivity index (χ4n) is 8.35. The monoisotopic (exact) mass is 903 g/mol. The van der Waals surface area contributed by atoms with Gasteiger partial charge in [-0.2, -0.15) is 0 Å². The molecular formula is C44H59N7O7Pd. The van der Waals surface area contributed by atoms with Crippen LogP contribution in [0, 0.1) is 23.7 Å². The van der Waals surface area contributed by atoms with Crippen LogP contribution in [-0.2, 0) is 34.7 Å². The van der Waals surface area contributed by atoms with Crippen molar-refractivity contribution in [2.45, 2.75) is 87.2 Å². The number of hydrogen-bond acceptors (Lipinski definition) is 13. The fourth-order valence-corrected chi connectivity index (χ4v) is 8.35. The molecule has 1 saturated heterocycles. The van der Waals surface area contributed by atoms with E-state index in [-0.39, 0.29) is 81.3 Å². The molecule has 0 aromatic rings. The van der Waals surface area contributed by atoms with Crippen LogP contribution in [0.1, 0.15) is 81.1 Å². The number of allylic oxidation sites excluding steroid dienone is 10. The zero-order valence-corrected chi connectivity index (χ0v) is 37.2. The second kappa shape index (κ2) is 20.8. The molecule has 0 aliphatic carbocycles. The smallest absolute Gasteiger partial charge is 0.875 e. The van der Waals surface area contributed by atoms with E-state index in [2.05, 4.69) is 48.2 Å². The van der Waals surface area contributed by atoms with Crippen molar-refractivity contribution in [1.29, 1.82) is 0 Å². The summed E-state index contributed by atoms with van der Waals surface area (Å²) in [5.74, 6) is -2.03. The van der Waals surface area contributed by atoms with Crippen LogP contribution in [0.3, 0.4) is 0 Å². The van der Waals surface area contributed by atoms with E-state index in [9.17, 15) is 30.0 Å². The predicted octanol–water partition coefficient (Wildman–Crippen LogP) is 2.92. The van der Waals surface area contributed by atoms with Crippen molar-refractivity contribution in [3.05, 3.63) is 80.3 Å². The van der Waals surface area contributed by atoms with Gasteiger partial charge in [0.05, 0.1) is 61.3 Å². The zero-order valence-electron chi connectivity index (χ0n) is 35.7. The molecule has 0 spiro atoms. The molecule has 1 amide bonds. The molecule has 0 radical (unpaired) electrons. The van der Waals surface area contributed by atoms with Crippen LogP contribution in [0.4, 0.5) is 0 Å². The maximum Gasteiger partial charge on any atom is 2.00 e. The number of nitrogens with one attached hydrogen (secondary N) is 2. The third-order valence-electron chi connectivity index (χ3n) is 12.0. The number of methoxy groups -OCH3 is 1. The number of aliphatic hydroxyl groups is 2. The van der Waals surface area contributed by atoms with Crippen molar-refractivity contribution in [2.24, 2.45) is 43.6 Å². The molecule has 5 heterocycles. The van der Waals surface area contributed by atoms with Gasteiger partial charge in [0, 0.05) is 71.4 Å². The molecule has 5 aliphatic heterocycles. The first-order chi connectivity index (χ1) is 27.7. The summed E-state index contributed by atoms with van der Waals surface area (Å²) in [5, 5.41) is 52.9. The molecular weight excluding hydrogens is 845 g/mol. The predicted molar refractivity (Wildman–Crippen MR) is 222 cm³/mol. The number of aliphatic hydroxyl groups excluding tert-OH is 2. The first-order valence-electron chi connectivity index (χ1n) is 20.5. The molecule has 8 bridgehead atoms. The molecule has 15 heteroatoms. The Bertz CT molecular complexity index is 2030. The first kappa shape index (κ1) is 47.4. The Morgan fingerprint density at radius 1 is 1.00 bits per heavy atom. The average Bonchev–Trinajstić information content (AvgIpc) is 3.89. The Morgan fingerprint density at radius 2 is 1.69 bits per heavy atom. The first-order valence-corrected chi connectivity index (χ1v) is 20.5. The van der Waals surface area contributed by atoms with Crippen molar-refractivity contribution < 1.29 is 55.2 Å². The number of fused-ring (bicyclic) bond motifs is 5. The van der Waals surface area contributed by atoms with Gasteiger partial charge in [-0.25, -0.2) is 9.98 Å². The largest absolute Gasteiger partial charge is 2.00 e. The van der Waals surface area contributed by atoms with Crippen LogP contribution < -0.4 is 20.8 Å². The van der Waals surface area contributed by atoms with Crippen LogP contribution in [0.5, 0.6) is 0 Å². The van der Waals surface area contributed by atoms with Gasteiger partial charge >= 0.3 is 26.4 Å². The number of amides is 1. The van der Waals surface area contributed by atoms with Gasteiger partial charge in [0.1, 0.15) is 0 Å². The van der Waals surface area contributed by atoms with E-state index in [1.54, 1.807) is 0 Å². The van der Waals surface area contributed by atoms with Crippen molar-refractivity contribution in [3.8, 4) is 0 Å². The number of rotatable bonds is 15. The SMILES string of the molecule is CC[C@H]1C2=CC3=NC(=C(CC(=O)OC)C4=NC(=CC5=C(C)/C(=C(/C)[O-])C(=N5)C=C(N2)[C@@H]1C)[C@@H](C)[C@@H]4CCC(=O)NCC(O)CO)C(C([O-])=NCCN(CC)CC)=C3C.[Pd+2]. The summed E-state index contributed by atoms with van der Waals surface area (Å²) in [6.45, 7) is 17.6. The third kappa shape index (κ3) is 10.4. The topological polar surface area (TPSA) is 207 Å². The number of likely N-dealkylation sites (N-methyl/N-ethyl adjacent to an activating group) is 1. The van der Waals surface area contributed by atoms with Crippen LogP contribution in [0.15, 0.2) is 100 Å². The summed E-state index contributed by atoms with van der Waals surface area (Å²) in [4.78, 5) is 48.5. The molecule has 5 rings (SSSR count). The summed E-state index contributed by atoms with van der Waals surface area (Å²) < 4.78 is 5.22. The summed E-state index contributed by atoms with van der Waals surface area (Å²) >= 11 is 0. The van der Waals surface area contributed by atoms with Gasteiger partial charge < -0.3 is 40.7 Å². The molecule has 0 saturated carbocycles. The van der Waals surface area contributed by atoms with E-state index in [0.717, 1.165) is 30.9 Å². The molecule has 322 valence electrons. The van der Waals surface area contributed by atoms with E-state index >= 15 is 0 Å². The van der Waals surface area contributed by atoms with Gasteiger partial charge in [0.15, 0.2) is 0 Å². The Labute approximate surface area is 361 Å². The van der Waals surface area contributed by atoms with Gasteiger partial charge in [-0.1, -0.05) is 41.5 Å². The van der Waals surface area contributed by atoms with Gasteiger partial charge in [0.2, 0.25) is 5.91 Å². The minimum absolute atomic E-state index is 0. The van der Waals surface area contributed by atoms with Gasteiger partial charge in [-0.05, 0) is 80.6 Å². The number of ether oxygens (including phenoxy) is 1. The molecule has 14 nitrogen and oxygen atoms in total. The van der Waals surface area contributed by atoms with E-state index in [1.807, 2.05) is 39.0 Å². The average molecular weight is 904 g/mol. The second-order valence-electron chi connectivity index (χ2n) is 15.5. The van der Waals surface area contributed by atoms with Crippen LogP contribution >= 0.6 is 0 Å². The number of hydrogen-bond donors (Lipinski definition) is 4. The summed E-state index contributed by atoms with van der Waals surface area (Å²) in [6.07, 6.45) is 5.59. The number of aliphatic imine (C=N–C) groups is 4. The standard InChI is InChI=1S/C44H61N7O7.Pd/c1-10-29-23(4)32-20-37-40(27(8)53)25(6)34(48-37)18-33-24(5)30(13-14-38(55)46-21-28(54)22-52)42(49-33)31(17-39(56)58-9)43-41(26(7)35(50-43)19-36(29)47-32)44(57)45-15-16-51(11-2)12-3;/h18-20,23-24,28-30,47,52-54H,10-17,21-22H2,1-9H3,(H,45,57)(H,46,55);/q;+2/p-2/b32-20?,33-18?,36-19?,40-27+,43-31?;/t23-,24+,28?,29-,30+;/m1./s1. The molecule has 5 aliphatic rings. The van der Waals surface area contributed by atoms with E-state index in [1.165, 1.54) is 14.0 Å². The number of esters is 1. The normalized spacial score (nSPS) is 24.2. The molecule has 5 atom stereocenters. The molecule has 0 aromatic heterocycles. The van der Waals surface area contributed by atoms with Gasteiger partial charge in [-0.15, -0.1) is 5.76 Å². The van der Waals surface area contributed by atoms with Crippen LogP contribution in [0.2, 0.25) is 0 Å². The van der Waals surface area contributed by atoms with Gasteiger partial charge in [0.25, 0.3) is 0 Å². The van der Waals surface area contributed by atoms with E-state index in [0.29, 0.717) is 69.5 Å². The number of carbonyl (C=O) groups is 2. The zero-order chi connectivity index (χ0) is 42.4. The molecule has 1 fully saturated rings. The fraction of sp³-hybridized carbons (Fsp3) is 0.545. The van der Waals surface area contributed by atoms with E-state index in [4.69, 9.17) is 19.7 Å². The maximum atomic E-state index is 14.3. The summed E-state index contributed by atoms with van der Waals surface area (Å²) in [5.41, 5.74) is 7.48. The quantitative estimate of drug-likeness (QED) is 0.0626. The van der Waals surface area contributed by atoms with Crippen LogP contribution in [0.25, 0.3) is 0 Å². The Hall–Kier alpha value is -4.26. The molecule has 0 aromatic carbocycles. The summed E-state index contributed by atoms with van der Waals surface area (Å²) in [7, 11) is 1.30. The minimum Gasteiger partial charge on any atom is -0.875 e. The second-order valence-corrected chi connectivity index (χ2v) is 15.5. The Balaban J connectivity index is 0.00000769. The maximum absolute atomic E-state index is 14.3. The van der Waals surface area contributed by atoms with E-state index < -0.39 is 30.5 Å². The Kier molecular flexibility index (Phi) is 16.7. The van der Waals surface area contributed by atoms with Gasteiger partial charge in [-0.3, -0.25) is 19.6 Å². The van der Waals surface area contributed by atoms with Crippen molar-refractivity contribution >= 4 is 34.9 Å². The number of nitrogens with zero attached hydrogens (tertiary/aromatic N) is 5. The Morgan fingerprint density at radius 3 is 2.32 bits per heavy atom. The molecule has 4 N–H and O–H groups in total. The van der Waals surface area contributed by atoms with Crippen molar-refractivity contribution in [1.82, 2.24) is 15.5 Å². The summed E-state index contributed by atoms with van der Waals surface area (Å²) in [6, 6.07) is 0. The number of carbonyl (C=O) groups excluding carboxylic acids is 2. The van der Waals surface area contributed by atoms with Crippen LogP contribution in [-0.4, -0.2) is 103 Å². The third-order valence-corrected chi connectivity index (χ3v) is 12.0. The minimum atomic E-state index is -1.09. The van der Waals surface area contributed by atoms with Crippen molar-refractivity contribution in [3.63, 3.8) is 0 Å².